The number of benzene rings is 1. The Kier molecular flexibility index (Phi) is 4.96. The maximum Gasteiger partial charge on any atom is 0.344 e. The van der Waals surface area contributed by atoms with Gasteiger partial charge in [-0.05, 0) is 56.0 Å². The first kappa shape index (κ1) is 17.4. The molecule has 2 aromatic heterocycles. The van der Waals surface area contributed by atoms with Gasteiger partial charge in [0.05, 0.1) is 11.6 Å². The minimum absolute atomic E-state index is 0.00137. The molecule has 27 heavy (non-hydrogen) atoms. The summed E-state index contributed by atoms with van der Waals surface area (Å²) >= 11 is 0. The van der Waals surface area contributed by atoms with Crippen LogP contribution in [0.15, 0.2) is 56.3 Å². The summed E-state index contributed by atoms with van der Waals surface area (Å²) in [6.45, 7) is -0.183. The quantitative estimate of drug-likeness (QED) is 0.625. The highest BCUT2D eigenvalue weighted by molar-refractivity contribution is 5.80. The number of ether oxygens (including phenoxy) is 2. The van der Waals surface area contributed by atoms with Crippen LogP contribution in [0.1, 0.15) is 32.1 Å². The molecule has 0 bridgehead atoms. The molecule has 1 aromatic carbocycles. The van der Waals surface area contributed by atoms with E-state index >= 15 is 0 Å². The third-order valence-electron chi connectivity index (χ3n) is 4.67. The van der Waals surface area contributed by atoms with Crippen LogP contribution in [-0.2, 0) is 9.53 Å². The molecule has 0 radical (unpaired) electrons. The molecule has 0 aliphatic heterocycles. The summed E-state index contributed by atoms with van der Waals surface area (Å²) in [4.78, 5) is 24.4. The van der Waals surface area contributed by atoms with E-state index in [1.807, 2.05) is 0 Å². The van der Waals surface area contributed by atoms with Gasteiger partial charge in [-0.1, -0.05) is 6.42 Å². The number of carbonyl (C=O) groups is 1. The van der Waals surface area contributed by atoms with Crippen LogP contribution in [-0.4, -0.2) is 18.7 Å². The molecule has 0 N–H and O–H groups in total. The number of carbonyl (C=O) groups excluding carboxylic acids is 1. The zero-order valence-electron chi connectivity index (χ0n) is 14.8. The zero-order valence-corrected chi connectivity index (χ0v) is 14.8. The Morgan fingerprint density at radius 1 is 1.07 bits per heavy atom. The van der Waals surface area contributed by atoms with Gasteiger partial charge < -0.3 is 18.3 Å². The monoisotopic (exact) mass is 368 g/mol. The number of rotatable bonds is 5. The molecule has 1 aliphatic carbocycles. The number of furan rings is 1. The fraction of sp³-hybridized carbons (Fsp3) is 0.333. The van der Waals surface area contributed by atoms with Gasteiger partial charge >= 0.3 is 5.97 Å². The molecule has 3 aromatic rings. The minimum atomic E-state index is -0.387. The van der Waals surface area contributed by atoms with Crippen molar-refractivity contribution in [2.24, 2.45) is 0 Å². The van der Waals surface area contributed by atoms with E-state index in [9.17, 15) is 9.59 Å². The minimum Gasteiger partial charge on any atom is -0.482 e. The first-order valence-electron chi connectivity index (χ1n) is 9.13. The molecule has 2 heterocycles. The molecule has 1 fully saturated rings. The van der Waals surface area contributed by atoms with Crippen LogP contribution in [0.3, 0.4) is 0 Å². The smallest absolute Gasteiger partial charge is 0.344 e. The molecule has 0 unspecified atom stereocenters. The molecule has 6 nitrogen and oxygen atoms in total. The first-order chi connectivity index (χ1) is 13.2. The Hall–Kier alpha value is -3.02. The van der Waals surface area contributed by atoms with E-state index in [2.05, 4.69) is 0 Å². The van der Waals surface area contributed by atoms with Crippen molar-refractivity contribution in [3.8, 4) is 17.3 Å². The molecule has 6 heteroatoms. The van der Waals surface area contributed by atoms with E-state index in [-0.39, 0.29) is 24.1 Å². The van der Waals surface area contributed by atoms with E-state index in [0.29, 0.717) is 28.2 Å². The largest absolute Gasteiger partial charge is 0.482 e. The summed E-state index contributed by atoms with van der Waals surface area (Å²) < 4.78 is 21.9. The Morgan fingerprint density at radius 2 is 1.93 bits per heavy atom. The van der Waals surface area contributed by atoms with Crippen molar-refractivity contribution in [2.45, 2.75) is 38.2 Å². The molecule has 1 aliphatic rings. The molecule has 140 valence electrons. The maximum absolute atomic E-state index is 12.4. The molecule has 0 atom stereocenters. The first-order valence-corrected chi connectivity index (χ1v) is 9.13. The van der Waals surface area contributed by atoms with Crippen molar-refractivity contribution in [1.82, 2.24) is 0 Å². The van der Waals surface area contributed by atoms with Crippen molar-refractivity contribution in [2.75, 3.05) is 6.61 Å². The van der Waals surface area contributed by atoms with Gasteiger partial charge in [0, 0.05) is 6.07 Å². The lowest BCUT2D eigenvalue weighted by Crippen LogP contribution is -2.24. The second-order valence-corrected chi connectivity index (χ2v) is 6.65. The summed E-state index contributed by atoms with van der Waals surface area (Å²) in [5.74, 6) is 0.880. The second-order valence-electron chi connectivity index (χ2n) is 6.65. The zero-order chi connectivity index (χ0) is 18.6. The summed E-state index contributed by atoms with van der Waals surface area (Å²) in [6, 6.07) is 9.70. The normalized spacial score (nSPS) is 15.0. The highest BCUT2D eigenvalue weighted by Gasteiger charge is 2.18. The fourth-order valence-electron chi connectivity index (χ4n) is 3.31. The summed E-state index contributed by atoms with van der Waals surface area (Å²) in [5, 5.41) is 0.378. The number of hydrogen-bond donors (Lipinski definition) is 0. The SMILES string of the molecule is O=C(COc1ccc2oc(-c3ccco3)cc(=O)c2c1)OC1CCCCC1. The van der Waals surface area contributed by atoms with Gasteiger partial charge in [-0.15, -0.1) is 0 Å². The van der Waals surface area contributed by atoms with Crippen molar-refractivity contribution in [3.63, 3.8) is 0 Å². The van der Waals surface area contributed by atoms with Gasteiger partial charge in [0.15, 0.2) is 23.6 Å². The molecule has 0 saturated heterocycles. The van der Waals surface area contributed by atoms with E-state index in [1.165, 1.54) is 18.8 Å². The highest BCUT2D eigenvalue weighted by Crippen LogP contribution is 2.25. The number of fused-ring (bicyclic) bond motifs is 1. The topological polar surface area (TPSA) is 78.9 Å². The number of hydrogen-bond acceptors (Lipinski definition) is 6. The highest BCUT2D eigenvalue weighted by atomic mass is 16.6. The Bertz CT molecular complexity index is 980. The maximum atomic E-state index is 12.4. The molecular formula is C21H20O6. The molecule has 1 saturated carbocycles. The van der Waals surface area contributed by atoms with E-state index < -0.39 is 0 Å². The van der Waals surface area contributed by atoms with E-state index in [4.69, 9.17) is 18.3 Å². The van der Waals surface area contributed by atoms with Crippen LogP contribution in [0.2, 0.25) is 0 Å². The van der Waals surface area contributed by atoms with Crippen molar-refractivity contribution < 1.29 is 23.1 Å². The van der Waals surface area contributed by atoms with Crippen LogP contribution >= 0.6 is 0 Å². The van der Waals surface area contributed by atoms with Crippen LogP contribution in [0.4, 0.5) is 0 Å². The average molecular weight is 368 g/mol. The Labute approximate surface area is 155 Å². The lowest BCUT2D eigenvalue weighted by Gasteiger charge is -2.21. The van der Waals surface area contributed by atoms with Gasteiger partial charge in [0.2, 0.25) is 0 Å². The van der Waals surface area contributed by atoms with Crippen LogP contribution in [0.25, 0.3) is 22.5 Å². The predicted molar refractivity (Wildman–Crippen MR) is 98.6 cm³/mol. The van der Waals surface area contributed by atoms with Crippen LogP contribution in [0.5, 0.6) is 5.75 Å². The summed E-state index contributed by atoms with van der Waals surface area (Å²) in [6.07, 6.45) is 6.74. The van der Waals surface area contributed by atoms with Gasteiger partial charge in [0.25, 0.3) is 0 Å². The van der Waals surface area contributed by atoms with Crippen molar-refractivity contribution >= 4 is 16.9 Å². The van der Waals surface area contributed by atoms with E-state index in [1.54, 1.807) is 30.3 Å². The lowest BCUT2D eigenvalue weighted by molar-refractivity contribution is -0.152. The van der Waals surface area contributed by atoms with Crippen molar-refractivity contribution in [1.29, 1.82) is 0 Å². The van der Waals surface area contributed by atoms with Gasteiger partial charge in [0.1, 0.15) is 17.4 Å². The van der Waals surface area contributed by atoms with Crippen LogP contribution in [0, 0.1) is 0 Å². The summed E-state index contributed by atoms with van der Waals surface area (Å²) in [7, 11) is 0. The third-order valence-corrected chi connectivity index (χ3v) is 4.67. The fourth-order valence-corrected chi connectivity index (χ4v) is 3.31. The van der Waals surface area contributed by atoms with Gasteiger partial charge in [-0.3, -0.25) is 4.79 Å². The van der Waals surface area contributed by atoms with Gasteiger partial charge in [-0.25, -0.2) is 4.79 Å². The second kappa shape index (κ2) is 7.70. The standard InChI is InChI=1S/C21H20O6/c22-17-12-20(19-7-4-10-24-19)27-18-9-8-15(11-16(17)18)25-13-21(23)26-14-5-2-1-3-6-14/h4,7-12,14H,1-3,5-6,13H2. The molecule has 0 spiro atoms. The molecule has 0 amide bonds. The average Bonchev–Trinajstić information content (AvgIpc) is 3.22. The molecular weight excluding hydrogens is 348 g/mol. The lowest BCUT2D eigenvalue weighted by atomic mass is 9.98. The Morgan fingerprint density at radius 3 is 2.70 bits per heavy atom. The number of esters is 1. The van der Waals surface area contributed by atoms with Gasteiger partial charge in [-0.2, -0.15) is 0 Å². The predicted octanol–water partition coefficient (Wildman–Crippen LogP) is 4.31. The molecule has 4 rings (SSSR count). The van der Waals surface area contributed by atoms with E-state index in [0.717, 1.165) is 25.7 Å². The van der Waals surface area contributed by atoms with Crippen molar-refractivity contribution in [3.05, 3.63) is 52.9 Å². The Balaban J connectivity index is 1.45. The summed E-state index contributed by atoms with van der Waals surface area (Å²) in [5.41, 5.74) is 0.212. The third kappa shape index (κ3) is 4.05. The van der Waals surface area contributed by atoms with Crippen LogP contribution < -0.4 is 10.2 Å².